The molecule has 1 aliphatic heterocycles. The van der Waals surface area contributed by atoms with Crippen LogP contribution in [0.5, 0.6) is 17.2 Å². The molecule has 0 aliphatic carbocycles. The molecule has 1 atom stereocenters. The lowest BCUT2D eigenvalue weighted by Crippen LogP contribution is -2.45. The maximum atomic E-state index is 11.9. The zero-order valence-corrected chi connectivity index (χ0v) is 11.3. The summed E-state index contributed by atoms with van der Waals surface area (Å²) in [5.74, 6) is 0.390. The van der Waals surface area contributed by atoms with Gasteiger partial charge in [0.05, 0.1) is 19.8 Å². The first-order valence-corrected chi connectivity index (χ1v) is 5.79. The van der Waals surface area contributed by atoms with Gasteiger partial charge in [-0.25, -0.2) is 4.79 Å². The summed E-state index contributed by atoms with van der Waals surface area (Å²) < 4.78 is 15.7. The number of ether oxygens (including phenoxy) is 3. The van der Waals surface area contributed by atoms with Crippen molar-refractivity contribution in [3.63, 3.8) is 0 Å². The first-order chi connectivity index (χ1) is 8.92. The van der Waals surface area contributed by atoms with E-state index in [1.54, 1.807) is 19.9 Å². The highest BCUT2D eigenvalue weighted by Crippen LogP contribution is 2.42. The summed E-state index contributed by atoms with van der Waals surface area (Å²) in [7, 11) is 2.81. The van der Waals surface area contributed by atoms with Crippen molar-refractivity contribution in [2.45, 2.75) is 19.4 Å². The van der Waals surface area contributed by atoms with Gasteiger partial charge in [0.2, 0.25) is 5.60 Å². The zero-order chi connectivity index (χ0) is 14.2. The first-order valence-electron chi connectivity index (χ1n) is 5.79. The number of fused-ring (bicyclic) bond motifs is 1. The Hall–Kier alpha value is -2.17. The third-order valence-electron chi connectivity index (χ3n) is 3.31. The van der Waals surface area contributed by atoms with E-state index in [-0.39, 0.29) is 5.75 Å². The van der Waals surface area contributed by atoms with Gasteiger partial charge < -0.3 is 19.3 Å². The van der Waals surface area contributed by atoms with Crippen LogP contribution in [0.25, 0.3) is 6.08 Å². The first kappa shape index (κ1) is 13.3. The molecule has 1 unspecified atom stereocenters. The van der Waals surface area contributed by atoms with Gasteiger partial charge in [-0.15, -0.1) is 0 Å². The van der Waals surface area contributed by atoms with Crippen LogP contribution in [0.3, 0.4) is 0 Å². The highest BCUT2D eigenvalue weighted by molar-refractivity contribution is 5.88. The quantitative estimate of drug-likeness (QED) is 0.829. The Bertz CT molecular complexity index is 561. The number of benzene rings is 1. The van der Waals surface area contributed by atoms with Crippen LogP contribution < -0.4 is 9.47 Å². The number of esters is 1. The monoisotopic (exact) mass is 264 g/mol. The van der Waals surface area contributed by atoms with Crippen LogP contribution in [0.2, 0.25) is 0 Å². The molecule has 0 saturated carbocycles. The fourth-order valence-electron chi connectivity index (χ4n) is 2.03. The van der Waals surface area contributed by atoms with E-state index in [0.717, 1.165) is 0 Å². The van der Waals surface area contributed by atoms with E-state index in [1.807, 2.05) is 0 Å². The molecule has 0 radical (unpaired) electrons. The van der Waals surface area contributed by atoms with Crippen LogP contribution in [0.1, 0.15) is 19.4 Å². The van der Waals surface area contributed by atoms with E-state index in [4.69, 9.17) is 14.2 Å². The van der Waals surface area contributed by atoms with Crippen LogP contribution in [0.4, 0.5) is 0 Å². The minimum Gasteiger partial charge on any atom is -0.508 e. The summed E-state index contributed by atoms with van der Waals surface area (Å²) in [4.78, 5) is 11.9. The summed E-state index contributed by atoms with van der Waals surface area (Å²) in [5, 5.41) is 9.64. The van der Waals surface area contributed by atoms with Gasteiger partial charge in [0.15, 0.2) is 0 Å². The predicted octanol–water partition coefficient (Wildman–Crippen LogP) is 2.13. The normalized spacial score (nSPS) is 20.9. The third-order valence-corrected chi connectivity index (χ3v) is 3.31. The number of carbonyl (C=O) groups excluding carboxylic acids is 1. The van der Waals surface area contributed by atoms with Crippen molar-refractivity contribution in [3.05, 3.63) is 23.3 Å². The fraction of sp³-hybridized carbons (Fsp3) is 0.357. The van der Waals surface area contributed by atoms with Gasteiger partial charge in [-0.05, 0) is 25.5 Å². The number of hydrogen-bond acceptors (Lipinski definition) is 5. The fourth-order valence-corrected chi connectivity index (χ4v) is 2.03. The average molecular weight is 264 g/mol. The largest absolute Gasteiger partial charge is 0.508 e. The Morgan fingerprint density at radius 2 is 2.05 bits per heavy atom. The molecular weight excluding hydrogens is 248 g/mol. The molecule has 1 aromatic carbocycles. The molecule has 0 fully saturated rings. The lowest BCUT2D eigenvalue weighted by Gasteiger charge is -2.33. The Balaban J connectivity index is 2.58. The minimum atomic E-state index is -1.19. The van der Waals surface area contributed by atoms with Crippen LogP contribution >= 0.6 is 0 Å². The molecule has 5 heteroatoms. The van der Waals surface area contributed by atoms with Crippen molar-refractivity contribution in [3.8, 4) is 17.2 Å². The Morgan fingerprint density at radius 1 is 1.37 bits per heavy atom. The second kappa shape index (κ2) is 4.50. The maximum absolute atomic E-state index is 11.9. The number of aromatic hydroxyl groups is 1. The van der Waals surface area contributed by atoms with Crippen molar-refractivity contribution < 1.29 is 24.1 Å². The minimum absolute atomic E-state index is 0.00997. The smallest absolute Gasteiger partial charge is 0.354 e. The van der Waals surface area contributed by atoms with Crippen LogP contribution in [-0.2, 0) is 9.53 Å². The van der Waals surface area contributed by atoms with E-state index in [1.165, 1.54) is 26.4 Å². The second-order valence-corrected chi connectivity index (χ2v) is 4.51. The van der Waals surface area contributed by atoms with Gasteiger partial charge >= 0.3 is 5.97 Å². The van der Waals surface area contributed by atoms with Gasteiger partial charge in [0, 0.05) is 12.1 Å². The summed E-state index contributed by atoms with van der Waals surface area (Å²) in [6, 6.07) is 2.94. The van der Waals surface area contributed by atoms with Crippen molar-refractivity contribution in [1.82, 2.24) is 0 Å². The molecular formula is C14H16O5. The van der Waals surface area contributed by atoms with Crippen LogP contribution in [0, 0.1) is 0 Å². The van der Waals surface area contributed by atoms with E-state index in [9.17, 15) is 9.90 Å². The molecule has 0 spiro atoms. The Kier molecular flexibility index (Phi) is 3.14. The molecule has 19 heavy (non-hydrogen) atoms. The van der Waals surface area contributed by atoms with Gasteiger partial charge in [-0.2, -0.15) is 0 Å². The topological polar surface area (TPSA) is 65.0 Å². The van der Waals surface area contributed by atoms with Crippen LogP contribution in [0.15, 0.2) is 17.7 Å². The highest BCUT2D eigenvalue weighted by Gasteiger charge is 2.42. The average Bonchev–Trinajstić information content (AvgIpc) is 2.38. The predicted molar refractivity (Wildman–Crippen MR) is 69.4 cm³/mol. The highest BCUT2D eigenvalue weighted by atomic mass is 16.6. The molecule has 0 bridgehead atoms. The summed E-state index contributed by atoms with van der Waals surface area (Å²) in [6.45, 7) is 3.41. The third kappa shape index (κ3) is 2.01. The number of carbonyl (C=O) groups is 1. The molecule has 1 aliphatic rings. The van der Waals surface area contributed by atoms with Gasteiger partial charge in [0.25, 0.3) is 0 Å². The van der Waals surface area contributed by atoms with Gasteiger partial charge in [0.1, 0.15) is 17.2 Å². The zero-order valence-electron chi connectivity index (χ0n) is 11.3. The lowest BCUT2D eigenvalue weighted by molar-refractivity contribution is -0.154. The second-order valence-electron chi connectivity index (χ2n) is 4.51. The standard InChI is InChI=1S/C14H16O5/c1-8-5-10-11(17-3)6-9(15)7-12(10)19-14(8,2)13(16)18-4/h5-7,15H,1-4H3. The van der Waals surface area contributed by atoms with E-state index in [2.05, 4.69) is 0 Å². The number of methoxy groups -OCH3 is 2. The number of phenols is 1. The lowest BCUT2D eigenvalue weighted by atomic mass is 9.91. The van der Waals surface area contributed by atoms with Gasteiger partial charge in [-0.3, -0.25) is 0 Å². The van der Waals surface area contributed by atoms with Gasteiger partial charge in [-0.1, -0.05) is 0 Å². The van der Waals surface area contributed by atoms with E-state index >= 15 is 0 Å². The van der Waals surface area contributed by atoms with E-state index in [0.29, 0.717) is 22.6 Å². The molecule has 0 saturated heterocycles. The Labute approximate surface area is 111 Å². The van der Waals surface area contributed by atoms with Crippen molar-refractivity contribution in [1.29, 1.82) is 0 Å². The van der Waals surface area contributed by atoms with Crippen LogP contribution in [-0.4, -0.2) is 30.9 Å². The summed E-state index contributed by atoms with van der Waals surface area (Å²) in [5.41, 5.74) is 0.204. The number of phenolic OH excluding ortho intramolecular Hbond substituents is 1. The maximum Gasteiger partial charge on any atom is 0.354 e. The molecule has 5 nitrogen and oxygen atoms in total. The number of hydrogen-bond donors (Lipinski definition) is 1. The number of rotatable bonds is 2. The molecule has 1 heterocycles. The Morgan fingerprint density at radius 3 is 2.63 bits per heavy atom. The molecule has 102 valence electrons. The van der Waals surface area contributed by atoms with Crippen molar-refractivity contribution >= 4 is 12.0 Å². The summed E-state index contributed by atoms with van der Waals surface area (Å²) in [6.07, 6.45) is 1.80. The van der Waals surface area contributed by atoms with E-state index < -0.39 is 11.6 Å². The van der Waals surface area contributed by atoms with Crippen molar-refractivity contribution in [2.24, 2.45) is 0 Å². The molecule has 2 rings (SSSR count). The molecule has 1 aromatic rings. The SMILES string of the molecule is COC(=O)C1(C)Oc2cc(O)cc(OC)c2C=C1C. The summed E-state index contributed by atoms with van der Waals surface area (Å²) >= 11 is 0. The molecule has 1 N–H and O–H groups in total. The van der Waals surface area contributed by atoms with Crippen molar-refractivity contribution in [2.75, 3.05) is 14.2 Å². The molecule has 0 amide bonds. The molecule has 0 aromatic heterocycles.